The Morgan fingerprint density at radius 3 is 2.57 bits per heavy atom. The molecule has 0 atom stereocenters. The highest BCUT2D eigenvalue weighted by Crippen LogP contribution is 2.14. The van der Waals surface area contributed by atoms with Crippen molar-refractivity contribution in [3.63, 3.8) is 0 Å². The highest BCUT2D eigenvalue weighted by atomic mass is 16.1. The van der Waals surface area contributed by atoms with E-state index in [1.54, 1.807) is 6.20 Å². The molecule has 0 unspecified atom stereocenters. The van der Waals surface area contributed by atoms with Crippen LogP contribution in [0, 0.1) is 0 Å². The topological polar surface area (TPSA) is 45.2 Å². The third-order valence-corrected chi connectivity index (χ3v) is 3.75. The Labute approximate surface area is 135 Å². The van der Waals surface area contributed by atoms with E-state index in [0.717, 1.165) is 22.2 Å². The van der Waals surface area contributed by atoms with Crippen molar-refractivity contribution in [2.24, 2.45) is 0 Å². The Balaban J connectivity index is 1.67. The number of hydrogen-bond acceptors (Lipinski definition) is 3. The molecule has 0 spiro atoms. The molecule has 0 bridgehead atoms. The van der Waals surface area contributed by atoms with Gasteiger partial charge < -0.3 is 10.2 Å². The Morgan fingerprint density at radius 1 is 1.09 bits per heavy atom. The predicted molar refractivity (Wildman–Crippen MR) is 93.7 cm³/mol. The summed E-state index contributed by atoms with van der Waals surface area (Å²) in [6.45, 7) is 0.464. The first-order valence-electron chi connectivity index (χ1n) is 7.53. The summed E-state index contributed by atoms with van der Waals surface area (Å²) >= 11 is 0. The molecule has 0 aliphatic carbocycles. The van der Waals surface area contributed by atoms with Gasteiger partial charge in [0.25, 0.3) is 5.91 Å². The summed E-state index contributed by atoms with van der Waals surface area (Å²) in [7, 11) is 3.95. The monoisotopic (exact) mass is 305 g/mol. The number of fused-ring (bicyclic) bond motifs is 1. The van der Waals surface area contributed by atoms with E-state index in [2.05, 4.69) is 16.4 Å². The first kappa shape index (κ1) is 15.0. The number of carbonyl (C=O) groups is 1. The van der Waals surface area contributed by atoms with Gasteiger partial charge in [0.2, 0.25) is 0 Å². The van der Waals surface area contributed by atoms with Gasteiger partial charge in [0, 0.05) is 43.5 Å². The lowest BCUT2D eigenvalue weighted by molar-refractivity contribution is 0.0951. The van der Waals surface area contributed by atoms with Crippen LogP contribution in [0.25, 0.3) is 10.9 Å². The summed E-state index contributed by atoms with van der Waals surface area (Å²) in [5.74, 6) is -0.0801. The van der Waals surface area contributed by atoms with Gasteiger partial charge in [-0.15, -0.1) is 0 Å². The van der Waals surface area contributed by atoms with E-state index in [-0.39, 0.29) is 5.91 Å². The minimum absolute atomic E-state index is 0.0801. The van der Waals surface area contributed by atoms with Crippen molar-refractivity contribution < 1.29 is 4.79 Å². The number of rotatable bonds is 4. The van der Waals surface area contributed by atoms with Crippen LogP contribution in [0.1, 0.15) is 15.9 Å². The third-order valence-electron chi connectivity index (χ3n) is 3.75. The number of nitrogens with one attached hydrogen (secondary N) is 1. The first-order valence-corrected chi connectivity index (χ1v) is 7.53. The Kier molecular flexibility index (Phi) is 4.24. The average Bonchev–Trinajstić information content (AvgIpc) is 2.59. The minimum Gasteiger partial charge on any atom is -0.378 e. The third kappa shape index (κ3) is 3.48. The van der Waals surface area contributed by atoms with Gasteiger partial charge in [-0.2, -0.15) is 0 Å². The number of para-hydroxylation sites is 1. The Bertz CT molecular complexity index is 825. The molecule has 0 saturated carbocycles. The van der Waals surface area contributed by atoms with E-state index in [4.69, 9.17) is 0 Å². The molecule has 0 aliphatic rings. The molecule has 1 N–H and O–H groups in total. The summed E-state index contributed by atoms with van der Waals surface area (Å²) in [4.78, 5) is 18.6. The zero-order valence-electron chi connectivity index (χ0n) is 13.3. The smallest absolute Gasteiger partial charge is 0.251 e. The molecule has 4 heteroatoms. The molecule has 1 heterocycles. The lowest BCUT2D eigenvalue weighted by Crippen LogP contribution is -2.23. The molecule has 4 nitrogen and oxygen atoms in total. The van der Waals surface area contributed by atoms with Gasteiger partial charge in [-0.25, -0.2) is 0 Å². The molecule has 0 radical (unpaired) electrons. The highest BCUT2D eigenvalue weighted by molar-refractivity contribution is 5.94. The van der Waals surface area contributed by atoms with Crippen molar-refractivity contribution in [3.05, 3.63) is 71.9 Å². The molecule has 23 heavy (non-hydrogen) atoms. The quantitative estimate of drug-likeness (QED) is 0.805. The van der Waals surface area contributed by atoms with Crippen LogP contribution < -0.4 is 10.2 Å². The maximum absolute atomic E-state index is 12.2. The maximum Gasteiger partial charge on any atom is 0.251 e. The zero-order chi connectivity index (χ0) is 16.2. The molecular formula is C19H19N3O. The van der Waals surface area contributed by atoms with E-state index in [0.29, 0.717) is 12.1 Å². The van der Waals surface area contributed by atoms with Crippen molar-refractivity contribution in [1.82, 2.24) is 10.3 Å². The van der Waals surface area contributed by atoms with Crippen LogP contribution in [0.4, 0.5) is 5.69 Å². The number of carbonyl (C=O) groups excluding carboxylic acids is 1. The standard InChI is InChI=1S/C19H19N3O/c1-22(2)17-9-7-15(8-10-17)19(23)21-13-14-11-16-5-3-4-6-18(16)20-12-14/h3-12H,13H2,1-2H3,(H,21,23). The Morgan fingerprint density at radius 2 is 1.83 bits per heavy atom. The highest BCUT2D eigenvalue weighted by Gasteiger charge is 2.06. The molecule has 1 aromatic heterocycles. The molecule has 1 amide bonds. The number of pyridine rings is 1. The molecule has 0 fully saturated rings. The van der Waals surface area contributed by atoms with Crippen molar-refractivity contribution >= 4 is 22.5 Å². The molecule has 2 aromatic carbocycles. The van der Waals surface area contributed by atoms with Crippen molar-refractivity contribution in [3.8, 4) is 0 Å². The summed E-state index contributed by atoms with van der Waals surface area (Å²) in [6.07, 6.45) is 1.80. The van der Waals surface area contributed by atoms with Gasteiger partial charge in [0.1, 0.15) is 0 Å². The van der Waals surface area contributed by atoms with Crippen LogP contribution in [-0.2, 0) is 6.54 Å². The van der Waals surface area contributed by atoms with Crippen LogP contribution in [0.3, 0.4) is 0 Å². The number of anilines is 1. The van der Waals surface area contributed by atoms with Crippen molar-refractivity contribution in [2.75, 3.05) is 19.0 Å². The normalized spacial score (nSPS) is 10.5. The van der Waals surface area contributed by atoms with E-state index in [1.165, 1.54) is 0 Å². The second-order valence-electron chi connectivity index (χ2n) is 5.66. The second-order valence-corrected chi connectivity index (χ2v) is 5.66. The maximum atomic E-state index is 12.2. The molecule has 116 valence electrons. The number of hydrogen-bond donors (Lipinski definition) is 1. The number of amides is 1. The van der Waals surface area contributed by atoms with Gasteiger partial charge in [0.05, 0.1) is 5.52 Å². The fourth-order valence-corrected chi connectivity index (χ4v) is 2.41. The molecule has 3 aromatic rings. The predicted octanol–water partition coefficient (Wildman–Crippen LogP) is 3.23. The minimum atomic E-state index is -0.0801. The van der Waals surface area contributed by atoms with E-state index in [1.807, 2.05) is 67.5 Å². The van der Waals surface area contributed by atoms with Gasteiger partial charge in [-0.1, -0.05) is 18.2 Å². The molecular weight excluding hydrogens is 286 g/mol. The van der Waals surface area contributed by atoms with Gasteiger partial charge in [-0.05, 0) is 42.0 Å². The summed E-state index contributed by atoms with van der Waals surface area (Å²) < 4.78 is 0. The lowest BCUT2D eigenvalue weighted by atomic mass is 10.1. The van der Waals surface area contributed by atoms with Gasteiger partial charge >= 0.3 is 0 Å². The largest absolute Gasteiger partial charge is 0.378 e. The van der Waals surface area contributed by atoms with Crippen LogP contribution in [0.2, 0.25) is 0 Å². The fourth-order valence-electron chi connectivity index (χ4n) is 2.41. The van der Waals surface area contributed by atoms with Crippen molar-refractivity contribution in [2.45, 2.75) is 6.54 Å². The van der Waals surface area contributed by atoms with Crippen LogP contribution in [-0.4, -0.2) is 25.0 Å². The van der Waals surface area contributed by atoms with Crippen LogP contribution >= 0.6 is 0 Å². The van der Waals surface area contributed by atoms with Gasteiger partial charge in [-0.3, -0.25) is 9.78 Å². The summed E-state index contributed by atoms with van der Waals surface area (Å²) in [5, 5.41) is 4.01. The average molecular weight is 305 g/mol. The van der Waals surface area contributed by atoms with E-state index < -0.39 is 0 Å². The van der Waals surface area contributed by atoms with E-state index >= 15 is 0 Å². The molecule has 3 rings (SSSR count). The fraction of sp³-hybridized carbons (Fsp3) is 0.158. The summed E-state index contributed by atoms with van der Waals surface area (Å²) in [6, 6.07) is 17.5. The molecule has 0 aliphatic heterocycles. The molecule has 0 saturated heterocycles. The SMILES string of the molecule is CN(C)c1ccc(C(=O)NCc2cnc3ccccc3c2)cc1. The number of nitrogens with zero attached hydrogens (tertiary/aromatic N) is 2. The second kappa shape index (κ2) is 6.48. The Hall–Kier alpha value is -2.88. The van der Waals surface area contributed by atoms with E-state index in [9.17, 15) is 4.79 Å². The number of aromatic nitrogens is 1. The van der Waals surface area contributed by atoms with Gasteiger partial charge in [0.15, 0.2) is 0 Å². The van der Waals surface area contributed by atoms with Crippen LogP contribution in [0.15, 0.2) is 60.8 Å². The number of benzene rings is 2. The zero-order valence-corrected chi connectivity index (χ0v) is 13.3. The van der Waals surface area contributed by atoms with Crippen LogP contribution in [0.5, 0.6) is 0 Å². The lowest BCUT2D eigenvalue weighted by Gasteiger charge is -2.12. The summed E-state index contributed by atoms with van der Waals surface area (Å²) in [5.41, 5.74) is 3.67. The van der Waals surface area contributed by atoms with Crippen molar-refractivity contribution in [1.29, 1.82) is 0 Å². The first-order chi connectivity index (χ1) is 11.1.